The molecule has 2 fully saturated rings. The van der Waals surface area contributed by atoms with Crippen LogP contribution in [0.3, 0.4) is 0 Å². The molecular weight excluding hydrogens is 575 g/mol. The molecule has 0 saturated heterocycles. The standard InChI is InChI=1S/C31H33FN4O4S2/c1-2-39-30(37)28-18-34-31(41-28)36-27(14-19-10-11-19)25(16-20-12-13-24(42(33)38)17-26(20)32)29(35-36)21-6-5-9-23(15-21)40-22-7-3-4-8-22/h5-6,9,12-13,15,17-19,22H,2-4,7-8,10-11,14,16,33H2,1H3. The summed E-state index contributed by atoms with van der Waals surface area (Å²) in [6, 6.07) is 12.4. The Morgan fingerprint density at radius 2 is 2.00 bits per heavy atom. The van der Waals surface area contributed by atoms with Gasteiger partial charge in [-0.25, -0.2) is 18.9 Å². The van der Waals surface area contributed by atoms with Crippen LogP contribution in [-0.4, -0.2) is 38.0 Å². The van der Waals surface area contributed by atoms with E-state index in [1.54, 1.807) is 19.1 Å². The maximum Gasteiger partial charge on any atom is 0.350 e. The molecule has 2 aromatic carbocycles. The van der Waals surface area contributed by atoms with E-state index in [9.17, 15) is 9.35 Å². The lowest BCUT2D eigenvalue weighted by atomic mass is 9.96. The number of aromatic nitrogens is 3. The largest absolute Gasteiger partial charge is 0.593 e. The van der Waals surface area contributed by atoms with E-state index in [-0.39, 0.29) is 24.0 Å². The van der Waals surface area contributed by atoms with Gasteiger partial charge in [0.2, 0.25) is 5.13 Å². The zero-order valence-electron chi connectivity index (χ0n) is 23.4. The van der Waals surface area contributed by atoms with Crippen LogP contribution in [0.15, 0.2) is 53.6 Å². The number of carbonyl (C=O) groups excluding carboxylic acids is 1. The molecule has 0 amide bonds. The zero-order valence-corrected chi connectivity index (χ0v) is 25.0. The van der Waals surface area contributed by atoms with Crippen molar-refractivity contribution >= 4 is 28.7 Å². The predicted molar refractivity (Wildman–Crippen MR) is 160 cm³/mol. The van der Waals surface area contributed by atoms with Gasteiger partial charge in [-0.3, -0.25) is 0 Å². The lowest BCUT2D eigenvalue weighted by molar-refractivity contribution is 0.0531. The first kappa shape index (κ1) is 28.9. The second-order valence-corrected chi connectivity index (χ2v) is 12.9. The summed E-state index contributed by atoms with van der Waals surface area (Å²) in [6.45, 7) is 2.04. The highest BCUT2D eigenvalue weighted by atomic mass is 32.2. The Hall–Kier alpha value is -3.25. The number of hydrogen-bond donors (Lipinski definition) is 1. The Morgan fingerprint density at radius 1 is 1.19 bits per heavy atom. The van der Waals surface area contributed by atoms with Crippen LogP contribution in [0.1, 0.15) is 71.9 Å². The number of nitrogens with two attached hydrogens (primary N) is 1. The number of nitrogens with zero attached hydrogens (tertiary/aromatic N) is 3. The van der Waals surface area contributed by atoms with Gasteiger partial charge in [0.25, 0.3) is 0 Å². The average molecular weight is 609 g/mol. The maximum absolute atomic E-state index is 15.3. The van der Waals surface area contributed by atoms with Gasteiger partial charge in [-0.1, -0.05) is 29.5 Å². The van der Waals surface area contributed by atoms with Gasteiger partial charge in [0.1, 0.15) is 16.4 Å². The van der Waals surface area contributed by atoms with Crippen LogP contribution in [0.4, 0.5) is 4.39 Å². The van der Waals surface area contributed by atoms with Crippen molar-refractivity contribution in [1.29, 1.82) is 0 Å². The molecule has 2 aliphatic carbocycles. The van der Waals surface area contributed by atoms with E-state index in [0.717, 1.165) is 54.7 Å². The maximum atomic E-state index is 15.3. The third-order valence-corrected chi connectivity index (χ3v) is 9.43. The summed E-state index contributed by atoms with van der Waals surface area (Å²) >= 11 is -0.556. The monoisotopic (exact) mass is 608 g/mol. The molecule has 1 unspecified atom stereocenters. The Kier molecular flexibility index (Phi) is 8.62. The molecule has 0 bridgehead atoms. The van der Waals surface area contributed by atoms with Crippen LogP contribution in [0, 0.1) is 11.7 Å². The minimum Gasteiger partial charge on any atom is -0.593 e. The first-order valence-corrected chi connectivity index (χ1v) is 16.4. The second-order valence-electron chi connectivity index (χ2n) is 10.8. The van der Waals surface area contributed by atoms with E-state index in [1.165, 1.54) is 36.4 Å². The van der Waals surface area contributed by atoms with Gasteiger partial charge >= 0.3 is 5.97 Å². The SMILES string of the molecule is CCOC(=O)c1cnc(-n2nc(-c3cccc(OC4CCCC4)c3)c(Cc3ccc([S+](N)[O-])cc3F)c2CC2CC2)s1. The highest BCUT2D eigenvalue weighted by Crippen LogP contribution is 2.39. The topological polar surface area (TPSA) is 115 Å². The molecule has 8 nitrogen and oxygen atoms in total. The van der Waals surface area contributed by atoms with Gasteiger partial charge in [-0.05, 0) is 81.5 Å². The molecule has 6 rings (SSSR count). The van der Waals surface area contributed by atoms with Gasteiger partial charge in [-0.2, -0.15) is 5.10 Å². The number of benzene rings is 2. The van der Waals surface area contributed by atoms with Gasteiger partial charge < -0.3 is 14.0 Å². The molecule has 0 spiro atoms. The Bertz CT molecular complexity index is 1580. The molecule has 2 saturated carbocycles. The molecule has 2 heterocycles. The van der Waals surface area contributed by atoms with E-state index >= 15 is 4.39 Å². The van der Waals surface area contributed by atoms with Crippen molar-refractivity contribution in [3.05, 3.63) is 76.2 Å². The number of rotatable bonds is 11. The van der Waals surface area contributed by atoms with E-state index in [2.05, 4.69) is 4.98 Å². The van der Waals surface area contributed by atoms with Gasteiger partial charge in [0.05, 0.1) is 41.7 Å². The number of carbonyl (C=O) groups is 1. The van der Waals surface area contributed by atoms with Crippen LogP contribution >= 0.6 is 11.3 Å². The number of ether oxygens (including phenoxy) is 2. The summed E-state index contributed by atoms with van der Waals surface area (Å²) in [5, 5.41) is 11.1. The second kappa shape index (κ2) is 12.5. The molecule has 1 atom stereocenters. The van der Waals surface area contributed by atoms with E-state index in [1.807, 2.05) is 28.9 Å². The van der Waals surface area contributed by atoms with Gasteiger partial charge in [0, 0.05) is 23.6 Å². The quantitative estimate of drug-likeness (QED) is 0.160. The summed E-state index contributed by atoms with van der Waals surface area (Å²) in [4.78, 5) is 17.6. The fraction of sp³-hybridized carbons (Fsp3) is 0.387. The van der Waals surface area contributed by atoms with E-state index < -0.39 is 23.1 Å². The van der Waals surface area contributed by atoms with Crippen molar-refractivity contribution in [2.24, 2.45) is 11.1 Å². The number of thiazole rings is 1. The summed E-state index contributed by atoms with van der Waals surface area (Å²) in [5.41, 5.74) is 3.84. The Labute approximate surface area is 251 Å². The molecule has 2 N–H and O–H groups in total. The predicted octanol–water partition coefficient (Wildman–Crippen LogP) is 6.16. The van der Waals surface area contributed by atoms with Crippen LogP contribution in [-0.2, 0) is 28.9 Å². The molecule has 11 heteroatoms. The van der Waals surface area contributed by atoms with Crippen LogP contribution in [0.25, 0.3) is 16.4 Å². The van der Waals surface area contributed by atoms with Crippen molar-refractivity contribution in [3.63, 3.8) is 0 Å². The molecule has 220 valence electrons. The van der Waals surface area contributed by atoms with Crippen LogP contribution < -0.4 is 9.88 Å². The normalized spacial score (nSPS) is 16.1. The smallest absolute Gasteiger partial charge is 0.350 e. The summed E-state index contributed by atoms with van der Waals surface area (Å²) in [5.74, 6) is 0.386. The zero-order chi connectivity index (χ0) is 29.2. The number of hydrogen-bond acceptors (Lipinski definition) is 8. The molecular formula is C31H33FN4O4S2. The number of esters is 1. The highest BCUT2D eigenvalue weighted by Gasteiger charge is 2.30. The van der Waals surface area contributed by atoms with Crippen LogP contribution in [0.5, 0.6) is 5.75 Å². The summed E-state index contributed by atoms with van der Waals surface area (Å²) in [6.07, 6.45) is 9.41. The fourth-order valence-corrected chi connectivity index (χ4v) is 6.64. The Morgan fingerprint density at radius 3 is 2.71 bits per heavy atom. The Balaban J connectivity index is 1.46. The van der Waals surface area contributed by atoms with Crippen molar-refractivity contribution in [2.45, 2.75) is 69.3 Å². The first-order chi connectivity index (χ1) is 20.4. The van der Waals surface area contributed by atoms with Gasteiger partial charge in [0.15, 0.2) is 4.90 Å². The molecule has 2 aromatic heterocycles. The third-order valence-electron chi connectivity index (χ3n) is 7.76. The van der Waals surface area contributed by atoms with Crippen molar-refractivity contribution in [1.82, 2.24) is 14.8 Å². The van der Waals surface area contributed by atoms with E-state index in [4.69, 9.17) is 19.7 Å². The van der Waals surface area contributed by atoms with Crippen molar-refractivity contribution < 1.29 is 23.2 Å². The molecule has 2 aliphatic rings. The average Bonchev–Trinajstić information content (AvgIpc) is 3.32. The van der Waals surface area contributed by atoms with Crippen molar-refractivity contribution in [3.8, 4) is 22.1 Å². The minimum absolute atomic E-state index is 0.208. The molecule has 4 aromatic rings. The minimum atomic E-state index is -1.78. The van der Waals surface area contributed by atoms with E-state index in [0.29, 0.717) is 27.2 Å². The molecule has 0 aliphatic heterocycles. The first-order valence-electron chi connectivity index (χ1n) is 14.4. The molecule has 0 radical (unpaired) electrons. The van der Waals surface area contributed by atoms with Crippen LogP contribution in [0.2, 0.25) is 0 Å². The third kappa shape index (κ3) is 6.39. The highest BCUT2D eigenvalue weighted by molar-refractivity contribution is 7.89. The summed E-state index contributed by atoms with van der Waals surface area (Å²) < 4.78 is 40.4. The number of halogens is 1. The summed E-state index contributed by atoms with van der Waals surface area (Å²) in [7, 11) is 0. The molecule has 42 heavy (non-hydrogen) atoms. The fourth-order valence-electron chi connectivity index (χ4n) is 5.43. The van der Waals surface area contributed by atoms with Gasteiger partial charge in [-0.15, -0.1) is 5.14 Å². The lowest BCUT2D eigenvalue weighted by Crippen LogP contribution is -2.13. The van der Waals surface area contributed by atoms with Crippen molar-refractivity contribution in [2.75, 3.05) is 6.61 Å². The lowest BCUT2D eigenvalue weighted by Gasteiger charge is -2.14.